The van der Waals surface area contributed by atoms with Crippen LogP contribution in [0.3, 0.4) is 0 Å². The maximum atomic E-state index is 13.4. The van der Waals surface area contributed by atoms with Gasteiger partial charge in [0.1, 0.15) is 5.56 Å². The number of benzene rings is 2. The lowest BCUT2D eigenvalue weighted by molar-refractivity contribution is 0.0361. The molecule has 3 aromatic heterocycles. The fourth-order valence-electron chi connectivity index (χ4n) is 5.25. The van der Waals surface area contributed by atoms with Crippen molar-refractivity contribution >= 4 is 39.7 Å². The third kappa shape index (κ3) is 4.71. The van der Waals surface area contributed by atoms with Crippen molar-refractivity contribution in [2.75, 3.05) is 38.6 Å². The number of rotatable bonds is 7. The molecule has 6 rings (SSSR count). The molecule has 1 saturated heterocycles. The molecule has 1 unspecified atom stereocenters. The molecule has 39 heavy (non-hydrogen) atoms. The lowest BCUT2D eigenvalue weighted by atomic mass is 9.91. The van der Waals surface area contributed by atoms with Gasteiger partial charge in [0, 0.05) is 48.5 Å². The van der Waals surface area contributed by atoms with Gasteiger partial charge in [-0.15, -0.1) is 0 Å². The highest BCUT2D eigenvalue weighted by atomic mass is 35.5. The number of amides is 1. The summed E-state index contributed by atoms with van der Waals surface area (Å²) in [4.78, 5) is 20.1. The molecule has 200 valence electrons. The summed E-state index contributed by atoms with van der Waals surface area (Å²) >= 11 is 6.87. The lowest BCUT2D eigenvalue weighted by Crippen LogP contribution is -2.38. The lowest BCUT2D eigenvalue weighted by Gasteiger charge is -2.27. The van der Waals surface area contributed by atoms with Crippen molar-refractivity contribution in [3.63, 3.8) is 0 Å². The minimum Gasteiger partial charge on any atom is -0.397 e. The largest absolute Gasteiger partial charge is 0.397 e. The first kappa shape index (κ1) is 25.3. The molecule has 1 aliphatic rings. The quantitative estimate of drug-likeness (QED) is 0.299. The van der Waals surface area contributed by atoms with Crippen molar-refractivity contribution < 1.29 is 9.53 Å². The molecule has 2 aromatic carbocycles. The van der Waals surface area contributed by atoms with E-state index in [1.165, 1.54) is 6.20 Å². The zero-order valence-electron chi connectivity index (χ0n) is 21.5. The van der Waals surface area contributed by atoms with E-state index in [1.54, 1.807) is 29.2 Å². The van der Waals surface area contributed by atoms with Crippen LogP contribution in [0.25, 0.3) is 27.7 Å². The highest BCUT2D eigenvalue weighted by molar-refractivity contribution is 6.39. The molecule has 1 aliphatic heterocycles. The number of morpholine rings is 1. The Kier molecular flexibility index (Phi) is 6.90. The van der Waals surface area contributed by atoms with Crippen LogP contribution in [-0.2, 0) is 11.3 Å². The second kappa shape index (κ2) is 10.6. The van der Waals surface area contributed by atoms with Gasteiger partial charge >= 0.3 is 0 Å². The van der Waals surface area contributed by atoms with Crippen molar-refractivity contribution in [1.29, 1.82) is 0 Å². The van der Waals surface area contributed by atoms with Crippen molar-refractivity contribution in [2.45, 2.75) is 19.5 Å². The predicted octanol–water partition coefficient (Wildman–Crippen LogP) is 3.80. The van der Waals surface area contributed by atoms with Crippen LogP contribution >= 0.6 is 11.6 Å². The zero-order chi connectivity index (χ0) is 26.9. The van der Waals surface area contributed by atoms with Gasteiger partial charge in [0.15, 0.2) is 5.65 Å². The van der Waals surface area contributed by atoms with E-state index in [-0.39, 0.29) is 5.91 Å². The van der Waals surface area contributed by atoms with Gasteiger partial charge in [-0.3, -0.25) is 14.4 Å². The Hall–Kier alpha value is -3.99. The number of hydrogen-bond donors (Lipinski definition) is 2. The van der Waals surface area contributed by atoms with E-state index in [9.17, 15) is 4.79 Å². The van der Waals surface area contributed by atoms with Crippen molar-refractivity contribution in [3.8, 4) is 11.1 Å². The molecule has 0 spiro atoms. The summed E-state index contributed by atoms with van der Waals surface area (Å²) in [6.45, 7) is 6.68. The van der Waals surface area contributed by atoms with Crippen LogP contribution in [0.5, 0.6) is 0 Å². The summed E-state index contributed by atoms with van der Waals surface area (Å²) in [5.41, 5.74) is 11.5. The van der Waals surface area contributed by atoms with Gasteiger partial charge in [-0.05, 0) is 18.6 Å². The molecule has 1 atom stereocenters. The van der Waals surface area contributed by atoms with Crippen LogP contribution in [0.1, 0.15) is 28.9 Å². The molecule has 0 radical (unpaired) electrons. The number of nitrogens with one attached hydrogen (secondary N) is 1. The zero-order valence-corrected chi connectivity index (χ0v) is 22.3. The standard InChI is InChI=1S/C28H29ClN8O2/c1-18(34-28(38)21-17-33-37-9-5-8-31-27(21)37)22-23(19-6-3-2-4-7-19)26-20(24(29)25(22)30)16-32-36(26)11-10-35-12-14-39-15-13-35/h2-9,16-18H,10-15,30H2,1H3,(H,34,38). The number of carbonyl (C=O) groups is 1. The molecule has 3 N–H and O–H groups in total. The molecular formula is C28H29ClN8O2. The maximum absolute atomic E-state index is 13.4. The highest BCUT2D eigenvalue weighted by Gasteiger charge is 2.27. The predicted molar refractivity (Wildman–Crippen MR) is 151 cm³/mol. The molecular weight excluding hydrogens is 516 g/mol. The Morgan fingerprint density at radius 2 is 1.92 bits per heavy atom. The Balaban J connectivity index is 1.43. The normalized spacial score (nSPS) is 15.1. The monoisotopic (exact) mass is 544 g/mol. The Morgan fingerprint density at radius 1 is 1.13 bits per heavy atom. The van der Waals surface area contributed by atoms with Crippen molar-refractivity contribution in [3.05, 3.63) is 77.3 Å². The van der Waals surface area contributed by atoms with Crippen molar-refractivity contribution in [1.82, 2.24) is 34.6 Å². The van der Waals surface area contributed by atoms with Crippen LogP contribution in [0.15, 0.2) is 61.2 Å². The number of carbonyl (C=O) groups excluding carboxylic acids is 1. The van der Waals surface area contributed by atoms with Crippen LogP contribution in [0.4, 0.5) is 5.69 Å². The van der Waals surface area contributed by atoms with Gasteiger partial charge in [0.2, 0.25) is 0 Å². The smallest absolute Gasteiger partial charge is 0.257 e. The van der Waals surface area contributed by atoms with Gasteiger partial charge in [-0.25, -0.2) is 9.50 Å². The molecule has 10 nitrogen and oxygen atoms in total. The van der Waals surface area contributed by atoms with E-state index in [0.29, 0.717) is 28.5 Å². The summed E-state index contributed by atoms with van der Waals surface area (Å²) in [6, 6.07) is 11.3. The number of ether oxygens (including phenoxy) is 1. The first-order valence-corrected chi connectivity index (χ1v) is 13.3. The average Bonchev–Trinajstić information content (AvgIpc) is 3.59. The fourth-order valence-corrected chi connectivity index (χ4v) is 5.49. The van der Waals surface area contributed by atoms with Gasteiger partial charge in [-0.2, -0.15) is 10.2 Å². The van der Waals surface area contributed by atoms with Gasteiger partial charge in [-0.1, -0.05) is 41.9 Å². The Labute approximate surface area is 230 Å². The first-order chi connectivity index (χ1) is 19.0. The van der Waals surface area contributed by atoms with Crippen LogP contribution in [0, 0.1) is 0 Å². The highest BCUT2D eigenvalue weighted by Crippen LogP contribution is 2.44. The molecule has 1 fully saturated rings. The number of halogens is 1. The third-order valence-electron chi connectivity index (χ3n) is 7.21. The molecule has 0 aliphatic carbocycles. The Morgan fingerprint density at radius 3 is 2.72 bits per heavy atom. The number of nitrogens with two attached hydrogens (primary N) is 1. The van der Waals surface area contributed by atoms with E-state index in [2.05, 4.69) is 20.3 Å². The van der Waals surface area contributed by atoms with E-state index in [1.807, 2.05) is 41.9 Å². The summed E-state index contributed by atoms with van der Waals surface area (Å²) in [6.07, 6.45) is 6.68. The van der Waals surface area contributed by atoms with Crippen LogP contribution < -0.4 is 11.1 Å². The van der Waals surface area contributed by atoms with Gasteiger partial charge in [0.05, 0.1) is 54.4 Å². The molecule has 0 saturated carbocycles. The average molecular weight is 545 g/mol. The summed E-state index contributed by atoms with van der Waals surface area (Å²) in [5, 5.41) is 13.3. The number of fused-ring (bicyclic) bond motifs is 2. The van der Waals surface area contributed by atoms with E-state index in [4.69, 9.17) is 27.2 Å². The second-order valence-corrected chi connectivity index (χ2v) is 9.99. The molecule has 1 amide bonds. The third-order valence-corrected chi connectivity index (χ3v) is 7.61. The van der Waals surface area contributed by atoms with Crippen LogP contribution in [-0.4, -0.2) is 68.0 Å². The summed E-state index contributed by atoms with van der Waals surface area (Å²) in [5.74, 6) is -0.299. The minimum absolute atomic E-state index is 0.299. The minimum atomic E-state index is -0.476. The summed E-state index contributed by atoms with van der Waals surface area (Å²) in [7, 11) is 0. The number of aromatic nitrogens is 5. The topological polar surface area (TPSA) is 116 Å². The molecule has 11 heteroatoms. The second-order valence-electron chi connectivity index (χ2n) is 9.61. The fraction of sp³-hybridized carbons (Fsp3) is 0.286. The van der Waals surface area contributed by atoms with E-state index < -0.39 is 6.04 Å². The first-order valence-electron chi connectivity index (χ1n) is 12.9. The number of hydrogen-bond acceptors (Lipinski definition) is 7. The van der Waals surface area contributed by atoms with Gasteiger partial charge < -0.3 is 15.8 Å². The number of nitrogens with zero attached hydrogens (tertiary/aromatic N) is 6. The SMILES string of the molecule is CC(NC(=O)c1cnn2cccnc12)c1c(N)c(Cl)c2cnn(CCN3CCOCC3)c2c1-c1ccccc1. The summed E-state index contributed by atoms with van der Waals surface area (Å²) < 4.78 is 9.06. The number of nitrogen functional groups attached to an aromatic ring is 1. The van der Waals surface area contributed by atoms with E-state index in [0.717, 1.165) is 60.4 Å². The van der Waals surface area contributed by atoms with E-state index >= 15 is 0 Å². The number of anilines is 1. The molecule has 5 aromatic rings. The molecule has 0 bridgehead atoms. The maximum Gasteiger partial charge on any atom is 0.257 e. The van der Waals surface area contributed by atoms with Gasteiger partial charge in [0.25, 0.3) is 5.91 Å². The van der Waals surface area contributed by atoms with Crippen LogP contribution in [0.2, 0.25) is 5.02 Å². The molecule has 4 heterocycles. The van der Waals surface area contributed by atoms with Crippen molar-refractivity contribution in [2.24, 2.45) is 0 Å². The Bertz CT molecular complexity index is 1640.